The van der Waals surface area contributed by atoms with Crippen LogP contribution in [0.25, 0.3) is 0 Å². The normalized spacial score (nSPS) is 17.6. The molecule has 1 unspecified atom stereocenters. The van der Waals surface area contributed by atoms with Crippen LogP contribution in [0.1, 0.15) is 36.5 Å². The summed E-state index contributed by atoms with van der Waals surface area (Å²) in [4.78, 5) is 0. The molecule has 0 radical (unpaired) electrons. The summed E-state index contributed by atoms with van der Waals surface area (Å²) < 4.78 is 5.85. The Morgan fingerprint density at radius 1 is 1.14 bits per heavy atom. The number of benzene rings is 2. The lowest BCUT2D eigenvalue weighted by Gasteiger charge is -2.27. The topological polar surface area (TPSA) is 21.3 Å². The Morgan fingerprint density at radius 2 is 1.95 bits per heavy atom. The van der Waals surface area contributed by atoms with Crippen molar-refractivity contribution in [3.63, 3.8) is 0 Å². The van der Waals surface area contributed by atoms with E-state index in [4.69, 9.17) is 4.74 Å². The fourth-order valence-electron chi connectivity index (χ4n) is 2.87. The first-order chi connectivity index (χ1) is 10.2. The summed E-state index contributed by atoms with van der Waals surface area (Å²) in [5, 5.41) is 3.53. The van der Waals surface area contributed by atoms with Crippen LogP contribution in [0.3, 0.4) is 0 Å². The fourth-order valence-corrected chi connectivity index (χ4v) is 2.87. The van der Waals surface area contributed by atoms with Crippen LogP contribution in [0.5, 0.6) is 5.75 Å². The maximum atomic E-state index is 5.85. The third kappa shape index (κ3) is 3.27. The molecule has 0 spiro atoms. The molecule has 1 N–H and O–H groups in total. The molecule has 1 atom stereocenters. The minimum Gasteiger partial charge on any atom is -0.493 e. The first-order valence-electron chi connectivity index (χ1n) is 7.75. The van der Waals surface area contributed by atoms with Crippen molar-refractivity contribution in [3.05, 3.63) is 65.2 Å². The highest BCUT2D eigenvalue weighted by Gasteiger charge is 2.21. The second kappa shape index (κ2) is 6.31. The number of rotatable bonds is 4. The van der Waals surface area contributed by atoms with Gasteiger partial charge in [-0.3, -0.25) is 0 Å². The third-order valence-electron chi connectivity index (χ3n) is 3.94. The van der Waals surface area contributed by atoms with Crippen molar-refractivity contribution in [2.75, 3.05) is 13.2 Å². The van der Waals surface area contributed by atoms with Crippen molar-refractivity contribution in [1.82, 2.24) is 5.32 Å². The lowest BCUT2D eigenvalue weighted by Crippen LogP contribution is -2.28. The zero-order chi connectivity index (χ0) is 14.7. The van der Waals surface area contributed by atoms with Gasteiger partial charge < -0.3 is 10.1 Å². The quantitative estimate of drug-likeness (QED) is 0.916. The Kier molecular flexibility index (Phi) is 4.26. The van der Waals surface area contributed by atoms with Gasteiger partial charge in [0.25, 0.3) is 0 Å². The molecule has 1 heterocycles. The van der Waals surface area contributed by atoms with Gasteiger partial charge in [-0.2, -0.15) is 0 Å². The Labute approximate surface area is 127 Å². The molecule has 0 fully saturated rings. The van der Waals surface area contributed by atoms with Gasteiger partial charge >= 0.3 is 0 Å². The molecule has 110 valence electrons. The highest BCUT2D eigenvalue weighted by atomic mass is 16.5. The van der Waals surface area contributed by atoms with E-state index < -0.39 is 0 Å². The zero-order valence-corrected chi connectivity index (χ0v) is 12.8. The van der Waals surface area contributed by atoms with Gasteiger partial charge in [0, 0.05) is 19.0 Å². The van der Waals surface area contributed by atoms with E-state index in [-0.39, 0.29) is 0 Å². The highest BCUT2D eigenvalue weighted by molar-refractivity contribution is 5.44. The van der Waals surface area contributed by atoms with E-state index in [1.54, 1.807) is 0 Å². The van der Waals surface area contributed by atoms with Gasteiger partial charge in [0.2, 0.25) is 0 Å². The minimum atomic E-state index is 0.439. The summed E-state index contributed by atoms with van der Waals surface area (Å²) in [7, 11) is 0. The van der Waals surface area contributed by atoms with Crippen LogP contribution in [-0.4, -0.2) is 13.2 Å². The Hall–Kier alpha value is -1.80. The van der Waals surface area contributed by atoms with E-state index in [1.165, 1.54) is 16.7 Å². The van der Waals surface area contributed by atoms with Gasteiger partial charge in [-0.25, -0.2) is 0 Å². The van der Waals surface area contributed by atoms with Crippen LogP contribution in [0.4, 0.5) is 0 Å². The van der Waals surface area contributed by atoms with Crippen molar-refractivity contribution < 1.29 is 4.74 Å². The Bertz CT molecular complexity index is 592. The molecule has 0 aliphatic carbocycles. The number of ether oxygens (including phenoxy) is 1. The van der Waals surface area contributed by atoms with E-state index in [2.05, 4.69) is 67.7 Å². The van der Waals surface area contributed by atoms with E-state index in [9.17, 15) is 0 Å². The smallest absolute Gasteiger partial charge is 0.119 e. The second-order valence-corrected chi connectivity index (χ2v) is 6.16. The average molecular weight is 281 g/mol. The van der Waals surface area contributed by atoms with E-state index in [0.717, 1.165) is 25.4 Å². The molecule has 2 aromatic carbocycles. The van der Waals surface area contributed by atoms with Crippen molar-refractivity contribution in [2.45, 2.75) is 26.3 Å². The molecule has 0 amide bonds. The number of nitrogens with one attached hydrogen (secondary N) is 1. The highest BCUT2D eigenvalue weighted by Crippen LogP contribution is 2.32. The first-order valence-corrected chi connectivity index (χ1v) is 7.75. The second-order valence-electron chi connectivity index (χ2n) is 6.16. The lowest BCUT2D eigenvalue weighted by molar-refractivity contribution is 0.270. The van der Waals surface area contributed by atoms with Crippen molar-refractivity contribution in [1.29, 1.82) is 0 Å². The molecule has 0 bridgehead atoms. The molecular weight excluding hydrogens is 258 g/mol. The van der Waals surface area contributed by atoms with Crippen LogP contribution < -0.4 is 10.1 Å². The van der Waals surface area contributed by atoms with Crippen LogP contribution >= 0.6 is 0 Å². The van der Waals surface area contributed by atoms with Crippen LogP contribution in [0, 0.1) is 5.92 Å². The molecule has 0 saturated heterocycles. The van der Waals surface area contributed by atoms with E-state index in [0.29, 0.717) is 11.8 Å². The Balaban J connectivity index is 1.85. The van der Waals surface area contributed by atoms with Gasteiger partial charge in [0.1, 0.15) is 5.75 Å². The molecule has 3 rings (SSSR count). The molecule has 2 nitrogen and oxygen atoms in total. The number of fused-ring (bicyclic) bond motifs is 1. The molecular formula is C19H23NO. The minimum absolute atomic E-state index is 0.439. The lowest BCUT2D eigenvalue weighted by atomic mass is 9.85. The first kappa shape index (κ1) is 14.2. The average Bonchev–Trinajstić information content (AvgIpc) is 2.53. The molecule has 0 aromatic heterocycles. The zero-order valence-electron chi connectivity index (χ0n) is 12.8. The number of hydrogen-bond acceptors (Lipinski definition) is 2. The van der Waals surface area contributed by atoms with Gasteiger partial charge in [-0.05, 0) is 34.7 Å². The molecule has 21 heavy (non-hydrogen) atoms. The predicted octanol–water partition coefficient (Wildman–Crippen LogP) is 3.96. The van der Waals surface area contributed by atoms with Gasteiger partial charge in [-0.1, -0.05) is 50.2 Å². The summed E-state index contributed by atoms with van der Waals surface area (Å²) in [5.41, 5.74) is 4.16. The molecule has 0 saturated carbocycles. The van der Waals surface area contributed by atoms with E-state index >= 15 is 0 Å². The Morgan fingerprint density at radius 3 is 2.71 bits per heavy atom. The monoisotopic (exact) mass is 281 g/mol. The maximum Gasteiger partial charge on any atom is 0.119 e. The van der Waals surface area contributed by atoms with Crippen LogP contribution in [0.2, 0.25) is 0 Å². The largest absolute Gasteiger partial charge is 0.493 e. The summed E-state index contributed by atoms with van der Waals surface area (Å²) in [6.07, 6.45) is 0. The molecule has 1 aliphatic heterocycles. The molecule has 2 aromatic rings. The predicted molar refractivity (Wildman–Crippen MR) is 86.8 cm³/mol. The van der Waals surface area contributed by atoms with Crippen molar-refractivity contribution in [3.8, 4) is 5.75 Å². The van der Waals surface area contributed by atoms with Crippen LogP contribution in [0.15, 0.2) is 48.5 Å². The standard InChI is InChI=1S/C19H23NO/c1-14(2)13-21-17-8-9-18-16(10-17)11-20-12-19(18)15-6-4-3-5-7-15/h3-10,14,19-20H,11-13H2,1-2H3. The van der Waals surface area contributed by atoms with Gasteiger partial charge in [0.05, 0.1) is 6.61 Å². The van der Waals surface area contributed by atoms with Gasteiger partial charge in [-0.15, -0.1) is 0 Å². The molecule has 1 aliphatic rings. The van der Waals surface area contributed by atoms with Crippen LogP contribution in [-0.2, 0) is 6.54 Å². The number of hydrogen-bond donors (Lipinski definition) is 1. The fraction of sp³-hybridized carbons (Fsp3) is 0.368. The SMILES string of the molecule is CC(C)COc1ccc2c(c1)CNCC2c1ccccc1. The maximum absolute atomic E-state index is 5.85. The summed E-state index contributed by atoms with van der Waals surface area (Å²) in [6, 6.07) is 17.3. The third-order valence-corrected chi connectivity index (χ3v) is 3.94. The molecule has 2 heteroatoms. The summed E-state index contributed by atoms with van der Waals surface area (Å²) in [5.74, 6) is 1.98. The van der Waals surface area contributed by atoms with Crippen molar-refractivity contribution >= 4 is 0 Å². The van der Waals surface area contributed by atoms with E-state index in [1.807, 2.05) is 0 Å². The summed E-state index contributed by atoms with van der Waals surface area (Å²) >= 11 is 0. The van der Waals surface area contributed by atoms with Crippen molar-refractivity contribution in [2.24, 2.45) is 5.92 Å². The van der Waals surface area contributed by atoms with Gasteiger partial charge in [0.15, 0.2) is 0 Å². The summed E-state index contributed by atoms with van der Waals surface area (Å²) in [6.45, 7) is 7.05.